The summed E-state index contributed by atoms with van der Waals surface area (Å²) < 4.78 is 40.4. The Morgan fingerprint density at radius 1 is 1.27 bits per heavy atom. The van der Waals surface area contributed by atoms with Crippen molar-refractivity contribution in [1.29, 1.82) is 5.26 Å². The average molecular weight is 473 g/mol. The van der Waals surface area contributed by atoms with Gasteiger partial charge in [-0.15, -0.1) is 0 Å². The van der Waals surface area contributed by atoms with Crippen LogP contribution in [-0.4, -0.2) is 10.8 Å². The van der Waals surface area contributed by atoms with Crippen LogP contribution in [0.4, 0.5) is 18.9 Å². The Balaban J connectivity index is 2.03. The molecule has 5 nitrogen and oxygen atoms in total. The Kier molecular flexibility index (Phi) is 5.49. The fraction of sp³-hybridized carbons (Fsp3) is 0.292. The Morgan fingerprint density at radius 3 is 2.61 bits per heavy atom. The number of benzene rings is 1. The summed E-state index contributed by atoms with van der Waals surface area (Å²) in [5.41, 5.74) is 6.48. The van der Waals surface area contributed by atoms with Crippen LogP contribution >= 0.6 is 11.6 Å². The lowest BCUT2D eigenvalue weighted by atomic mass is 9.68. The van der Waals surface area contributed by atoms with Gasteiger partial charge in [0.2, 0.25) is 0 Å². The molecule has 0 bridgehead atoms. The van der Waals surface area contributed by atoms with Gasteiger partial charge in [-0.05, 0) is 41.7 Å². The van der Waals surface area contributed by atoms with Gasteiger partial charge in [0.15, 0.2) is 5.78 Å². The van der Waals surface area contributed by atoms with Crippen LogP contribution in [0.2, 0.25) is 5.02 Å². The van der Waals surface area contributed by atoms with E-state index in [-0.39, 0.29) is 34.3 Å². The van der Waals surface area contributed by atoms with Gasteiger partial charge < -0.3 is 5.73 Å². The number of aromatic nitrogens is 1. The van der Waals surface area contributed by atoms with Crippen LogP contribution in [0.15, 0.2) is 65.4 Å². The van der Waals surface area contributed by atoms with E-state index in [0.29, 0.717) is 23.3 Å². The number of carbonyl (C=O) groups excluding carboxylic acids is 1. The third-order valence-electron chi connectivity index (χ3n) is 5.91. The molecule has 4 rings (SSSR count). The second kappa shape index (κ2) is 7.92. The largest absolute Gasteiger partial charge is 0.416 e. The maximum absolute atomic E-state index is 13.5. The molecule has 2 aliphatic rings. The number of carbonyl (C=O) groups is 1. The van der Waals surface area contributed by atoms with Gasteiger partial charge in [0.1, 0.15) is 5.82 Å². The van der Waals surface area contributed by atoms with E-state index in [0.717, 1.165) is 18.2 Å². The third-order valence-corrected chi connectivity index (χ3v) is 6.23. The summed E-state index contributed by atoms with van der Waals surface area (Å²) in [5, 5.41) is 10.0. The highest BCUT2D eigenvalue weighted by atomic mass is 35.5. The average Bonchev–Trinajstić information content (AvgIpc) is 2.73. The first-order valence-corrected chi connectivity index (χ1v) is 10.5. The molecule has 33 heavy (non-hydrogen) atoms. The molecule has 2 aromatic rings. The molecule has 0 spiro atoms. The van der Waals surface area contributed by atoms with E-state index < -0.39 is 23.1 Å². The highest BCUT2D eigenvalue weighted by Crippen LogP contribution is 2.51. The van der Waals surface area contributed by atoms with E-state index in [4.69, 9.17) is 17.3 Å². The SMILES string of the molecule is CC1(C)CC(=O)C2=C(C1)N(c1cc(C(F)(F)F)ccc1Cl)C(N)=C(C#N)[C@@H]2c1cccnc1. The first kappa shape index (κ1) is 22.9. The van der Waals surface area contributed by atoms with Gasteiger partial charge in [-0.3, -0.25) is 14.7 Å². The summed E-state index contributed by atoms with van der Waals surface area (Å²) in [6.07, 6.45) is -0.897. The molecule has 0 saturated carbocycles. The number of hydrogen-bond donors (Lipinski definition) is 1. The number of halogens is 4. The quantitative estimate of drug-likeness (QED) is 0.606. The van der Waals surface area contributed by atoms with Crippen molar-refractivity contribution in [3.8, 4) is 6.07 Å². The number of hydrogen-bond acceptors (Lipinski definition) is 5. The van der Waals surface area contributed by atoms with E-state index >= 15 is 0 Å². The first-order valence-electron chi connectivity index (χ1n) is 10.2. The van der Waals surface area contributed by atoms with Crippen molar-refractivity contribution in [2.75, 3.05) is 4.90 Å². The number of nitrogens with two attached hydrogens (primary N) is 1. The van der Waals surface area contributed by atoms with Gasteiger partial charge >= 0.3 is 6.18 Å². The van der Waals surface area contributed by atoms with Crippen LogP contribution in [0, 0.1) is 16.7 Å². The number of nitriles is 1. The van der Waals surface area contributed by atoms with Gasteiger partial charge in [-0.2, -0.15) is 18.4 Å². The molecule has 0 radical (unpaired) electrons. The van der Waals surface area contributed by atoms with Crippen LogP contribution < -0.4 is 10.6 Å². The number of pyridine rings is 1. The lowest BCUT2D eigenvalue weighted by Gasteiger charge is -2.44. The Bertz CT molecular complexity index is 1240. The Labute approximate surface area is 194 Å². The predicted molar refractivity (Wildman–Crippen MR) is 118 cm³/mol. The van der Waals surface area contributed by atoms with Crippen molar-refractivity contribution in [2.45, 2.75) is 38.8 Å². The Morgan fingerprint density at radius 2 is 2.00 bits per heavy atom. The van der Waals surface area contributed by atoms with Gasteiger partial charge in [-0.1, -0.05) is 31.5 Å². The summed E-state index contributed by atoms with van der Waals surface area (Å²) in [6, 6.07) is 8.42. The monoisotopic (exact) mass is 472 g/mol. The summed E-state index contributed by atoms with van der Waals surface area (Å²) in [5.74, 6) is -1.01. The zero-order chi connectivity index (χ0) is 24.1. The van der Waals surface area contributed by atoms with Gasteiger partial charge in [0.25, 0.3) is 0 Å². The number of Topliss-reactive ketones (excluding diaryl/α,β-unsaturated/α-hetero) is 1. The number of anilines is 1. The van der Waals surface area contributed by atoms with Gasteiger partial charge in [0.05, 0.1) is 33.8 Å². The second-order valence-electron chi connectivity index (χ2n) is 8.93. The van der Waals surface area contributed by atoms with Crippen molar-refractivity contribution in [3.05, 3.63) is 81.5 Å². The lowest BCUT2D eigenvalue weighted by molar-refractivity contribution is -0.137. The topological polar surface area (TPSA) is 83.0 Å². The van der Waals surface area contributed by atoms with Gasteiger partial charge in [-0.25, -0.2) is 0 Å². The van der Waals surface area contributed by atoms with Crippen molar-refractivity contribution < 1.29 is 18.0 Å². The number of nitrogens with zero attached hydrogens (tertiary/aromatic N) is 3. The van der Waals surface area contributed by atoms with Crippen LogP contribution in [0.5, 0.6) is 0 Å². The second-order valence-corrected chi connectivity index (χ2v) is 9.34. The number of alkyl halides is 3. The number of allylic oxidation sites excluding steroid dienone is 3. The molecule has 9 heteroatoms. The fourth-order valence-corrected chi connectivity index (χ4v) is 4.73. The number of rotatable bonds is 2. The van der Waals surface area contributed by atoms with Gasteiger partial charge in [0, 0.05) is 30.1 Å². The molecule has 170 valence electrons. The molecule has 1 aliphatic heterocycles. The molecule has 2 N–H and O–H groups in total. The van der Waals surface area contributed by atoms with Crippen LogP contribution in [0.1, 0.15) is 43.7 Å². The lowest BCUT2D eigenvalue weighted by Crippen LogP contribution is -2.42. The molecule has 1 aromatic heterocycles. The minimum Gasteiger partial charge on any atom is -0.384 e. The smallest absolute Gasteiger partial charge is 0.384 e. The normalized spacial score (nSPS) is 20.6. The van der Waals surface area contributed by atoms with Crippen molar-refractivity contribution in [3.63, 3.8) is 0 Å². The van der Waals surface area contributed by atoms with E-state index in [1.54, 1.807) is 24.5 Å². The molecule has 1 aliphatic carbocycles. The Hall–Kier alpha value is -3.31. The highest BCUT2D eigenvalue weighted by Gasteiger charge is 2.45. The maximum Gasteiger partial charge on any atom is 0.416 e. The van der Waals surface area contributed by atoms with Crippen LogP contribution in [0.3, 0.4) is 0 Å². The molecule has 2 heterocycles. The van der Waals surface area contributed by atoms with E-state index in [1.807, 2.05) is 13.8 Å². The zero-order valence-corrected chi connectivity index (χ0v) is 18.6. The van der Waals surface area contributed by atoms with Crippen LogP contribution in [0.25, 0.3) is 0 Å². The minimum absolute atomic E-state index is 0.0192. The van der Waals surface area contributed by atoms with Crippen molar-refractivity contribution in [1.82, 2.24) is 4.98 Å². The highest BCUT2D eigenvalue weighted by molar-refractivity contribution is 6.33. The number of ketones is 1. The maximum atomic E-state index is 13.5. The molecule has 0 saturated heterocycles. The minimum atomic E-state index is -4.61. The van der Waals surface area contributed by atoms with E-state index in [9.17, 15) is 23.2 Å². The molecule has 0 unspecified atom stereocenters. The molecule has 1 aromatic carbocycles. The van der Waals surface area contributed by atoms with E-state index in [2.05, 4.69) is 11.1 Å². The third kappa shape index (κ3) is 3.98. The summed E-state index contributed by atoms with van der Waals surface area (Å²) in [7, 11) is 0. The molecule has 0 fully saturated rings. The summed E-state index contributed by atoms with van der Waals surface area (Å²) in [4.78, 5) is 18.8. The summed E-state index contributed by atoms with van der Waals surface area (Å²) >= 11 is 6.34. The zero-order valence-electron chi connectivity index (χ0n) is 17.9. The summed E-state index contributed by atoms with van der Waals surface area (Å²) in [6.45, 7) is 3.80. The standard InChI is InChI=1S/C24H20ClF3N4O/c1-23(2)9-18-21(19(33)10-23)20(13-4-3-7-31-12-13)15(11-29)22(30)32(18)17-8-14(24(26,27)28)5-6-16(17)25/h3-8,12,20H,9-10,30H2,1-2H3/t20-/m0/s1. The first-order chi connectivity index (χ1) is 15.4. The fourth-order valence-electron chi connectivity index (χ4n) is 4.52. The molecular weight excluding hydrogens is 453 g/mol. The molecule has 1 atom stereocenters. The van der Waals surface area contributed by atoms with Crippen molar-refractivity contribution >= 4 is 23.1 Å². The van der Waals surface area contributed by atoms with Crippen molar-refractivity contribution in [2.24, 2.45) is 11.1 Å². The molecule has 0 amide bonds. The predicted octanol–water partition coefficient (Wildman–Crippen LogP) is 5.69. The molecular formula is C24H20ClF3N4O. The van der Waals surface area contributed by atoms with Crippen LogP contribution in [-0.2, 0) is 11.0 Å². The van der Waals surface area contributed by atoms with E-state index in [1.165, 1.54) is 4.90 Å².